The van der Waals surface area contributed by atoms with Gasteiger partial charge in [0.15, 0.2) is 0 Å². The zero-order valence-electron chi connectivity index (χ0n) is 9.00. The van der Waals surface area contributed by atoms with E-state index in [2.05, 4.69) is 5.32 Å². The van der Waals surface area contributed by atoms with Crippen LogP contribution >= 0.6 is 23.4 Å². The molecule has 2 unspecified atom stereocenters. The minimum Gasteiger partial charge on any atom is -0.383 e. The molecule has 15 heavy (non-hydrogen) atoms. The van der Waals surface area contributed by atoms with Gasteiger partial charge in [-0.2, -0.15) is 0 Å². The van der Waals surface area contributed by atoms with Gasteiger partial charge in [-0.25, -0.2) is 0 Å². The fourth-order valence-corrected chi connectivity index (χ4v) is 2.94. The highest BCUT2D eigenvalue weighted by Gasteiger charge is 2.21. The molecule has 0 aromatic rings. The monoisotopic (exact) mass is 251 g/mol. The second kappa shape index (κ2) is 7.36. The number of carbonyl (C=O) groups is 1. The molecular weight excluding hydrogens is 234 g/mol. The van der Waals surface area contributed by atoms with Crippen LogP contribution in [0, 0.1) is 0 Å². The Labute approximate surface area is 100 Å². The number of amides is 1. The van der Waals surface area contributed by atoms with Crippen molar-refractivity contribution in [2.45, 2.75) is 29.9 Å². The van der Waals surface area contributed by atoms with Crippen LogP contribution in [-0.2, 0) is 9.53 Å². The number of hydrogen-bond donors (Lipinski definition) is 1. The molecular formula is C10H18ClNO2S. The second-order valence-electron chi connectivity index (χ2n) is 3.65. The van der Waals surface area contributed by atoms with Gasteiger partial charge in [-0.1, -0.05) is 6.42 Å². The van der Waals surface area contributed by atoms with E-state index in [-0.39, 0.29) is 16.5 Å². The van der Waals surface area contributed by atoms with Crippen molar-refractivity contribution in [3.05, 3.63) is 0 Å². The van der Waals surface area contributed by atoms with Gasteiger partial charge in [0.2, 0.25) is 5.91 Å². The van der Waals surface area contributed by atoms with Crippen LogP contribution in [0.15, 0.2) is 0 Å². The second-order valence-corrected chi connectivity index (χ2v) is 5.58. The number of thioether (sulfide) groups is 1. The van der Waals surface area contributed by atoms with Gasteiger partial charge in [-0.15, -0.1) is 23.4 Å². The molecule has 0 aliphatic carbocycles. The summed E-state index contributed by atoms with van der Waals surface area (Å²) >= 11 is 7.67. The van der Waals surface area contributed by atoms with Gasteiger partial charge < -0.3 is 10.1 Å². The Kier molecular flexibility index (Phi) is 6.45. The molecule has 3 nitrogen and oxygen atoms in total. The van der Waals surface area contributed by atoms with E-state index in [4.69, 9.17) is 16.3 Å². The van der Waals surface area contributed by atoms with E-state index in [0.717, 1.165) is 18.6 Å². The molecule has 1 rings (SSSR count). The molecule has 0 bridgehead atoms. The average Bonchev–Trinajstić information content (AvgIpc) is 2.27. The lowest BCUT2D eigenvalue weighted by Crippen LogP contribution is -2.38. The van der Waals surface area contributed by atoms with Crippen molar-refractivity contribution in [2.75, 3.05) is 26.0 Å². The van der Waals surface area contributed by atoms with Crippen LogP contribution in [0.5, 0.6) is 0 Å². The average molecular weight is 252 g/mol. The highest BCUT2D eigenvalue weighted by molar-refractivity contribution is 8.00. The summed E-state index contributed by atoms with van der Waals surface area (Å²) in [7, 11) is 1.61. The summed E-state index contributed by atoms with van der Waals surface area (Å²) in [4.78, 5) is 11.7. The van der Waals surface area contributed by atoms with Gasteiger partial charge in [0.25, 0.3) is 0 Å². The summed E-state index contributed by atoms with van der Waals surface area (Å²) in [5, 5.41) is 2.86. The number of methoxy groups -OCH3 is 1. The maximum Gasteiger partial charge on any atom is 0.233 e. The highest BCUT2D eigenvalue weighted by Crippen LogP contribution is 2.24. The van der Waals surface area contributed by atoms with Crippen LogP contribution in [-0.4, -0.2) is 42.5 Å². The number of nitrogens with one attached hydrogen (secondary N) is 1. The predicted octanol–water partition coefficient (Wildman–Crippen LogP) is 1.64. The van der Waals surface area contributed by atoms with Crippen LogP contribution in [0.1, 0.15) is 19.3 Å². The minimum absolute atomic E-state index is 0.126. The number of alkyl halides is 1. The van der Waals surface area contributed by atoms with Gasteiger partial charge in [-0.05, 0) is 18.6 Å². The zero-order chi connectivity index (χ0) is 11.1. The van der Waals surface area contributed by atoms with E-state index in [1.165, 1.54) is 6.42 Å². The molecule has 0 radical (unpaired) electrons. The summed E-state index contributed by atoms with van der Waals surface area (Å²) in [6.45, 7) is 0.963. The summed E-state index contributed by atoms with van der Waals surface area (Å²) in [6.07, 6.45) is 3.39. The van der Waals surface area contributed by atoms with Gasteiger partial charge in [0.05, 0.1) is 17.2 Å². The molecule has 0 aromatic heterocycles. The Morgan fingerprint density at radius 2 is 2.47 bits per heavy atom. The van der Waals surface area contributed by atoms with Gasteiger partial charge >= 0.3 is 0 Å². The molecule has 88 valence electrons. The lowest BCUT2D eigenvalue weighted by atomic mass is 10.2. The third kappa shape index (κ3) is 5.09. The Morgan fingerprint density at radius 1 is 1.67 bits per heavy atom. The predicted molar refractivity (Wildman–Crippen MR) is 64.6 cm³/mol. The number of carbonyl (C=O) groups excluding carboxylic acids is 1. The Balaban J connectivity index is 2.16. The van der Waals surface area contributed by atoms with E-state index in [1.807, 2.05) is 0 Å². The molecule has 1 heterocycles. The first-order valence-corrected chi connectivity index (χ1v) is 6.75. The van der Waals surface area contributed by atoms with Gasteiger partial charge in [0.1, 0.15) is 0 Å². The maximum atomic E-state index is 11.7. The van der Waals surface area contributed by atoms with Crippen LogP contribution < -0.4 is 5.32 Å². The normalized spacial score (nSPS) is 23.5. The van der Waals surface area contributed by atoms with Crippen molar-refractivity contribution in [3.63, 3.8) is 0 Å². The molecule has 1 aliphatic rings. The largest absolute Gasteiger partial charge is 0.383 e. The van der Waals surface area contributed by atoms with Crippen molar-refractivity contribution >= 4 is 29.3 Å². The van der Waals surface area contributed by atoms with Crippen molar-refractivity contribution in [2.24, 2.45) is 0 Å². The van der Waals surface area contributed by atoms with E-state index in [9.17, 15) is 4.79 Å². The Hall–Kier alpha value is 0.0700. The fraction of sp³-hybridized carbons (Fsp3) is 0.900. The van der Waals surface area contributed by atoms with Gasteiger partial charge in [0, 0.05) is 13.7 Å². The first kappa shape index (κ1) is 13.1. The molecule has 1 fully saturated rings. The van der Waals surface area contributed by atoms with Gasteiger partial charge in [-0.3, -0.25) is 4.79 Å². The standard InChI is InChI=1S/C10H18ClNO2S/c1-14-7-8(11)6-12-10(13)9-4-2-3-5-15-9/h8-9H,2-7H2,1H3,(H,12,13). The summed E-state index contributed by atoms with van der Waals surface area (Å²) in [5.41, 5.74) is 0. The number of hydrogen-bond acceptors (Lipinski definition) is 3. The van der Waals surface area contributed by atoms with E-state index in [1.54, 1.807) is 18.9 Å². The fourth-order valence-electron chi connectivity index (χ4n) is 1.51. The molecule has 1 amide bonds. The number of halogens is 1. The van der Waals surface area contributed by atoms with Crippen LogP contribution in [0.4, 0.5) is 0 Å². The molecule has 0 saturated carbocycles. The Bertz CT molecular complexity index is 198. The van der Waals surface area contributed by atoms with Crippen LogP contribution in [0.3, 0.4) is 0 Å². The topological polar surface area (TPSA) is 38.3 Å². The molecule has 0 aromatic carbocycles. The minimum atomic E-state index is -0.132. The van der Waals surface area contributed by atoms with Crippen molar-refractivity contribution in [1.29, 1.82) is 0 Å². The van der Waals surface area contributed by atoms with Crippen LogP contribution in [0.2, 0.25) is 0 Å². The lowest BCUT2D eigenvalue weighted by Gasteiger charge is -2.21. The molecule has 2 atom stereocenters. The summed E-state index contributed by atoms with van der Waals surface area (Å²) < 4.78 is 4.89. The SMILES string of the molecule is COCC(Cl)CNC(=O)C1CCCCS1. The Morgan fingerprint density at radius 3 is 3.07 bits per heavy atom. The number of ether oxygens (including phenoxy) is 1. The van der Waals surface area contributed by atoms with Crippen molar-refractivity contribution < 1.29 is 9.53 Å². The first-order valence-electron chi connectivity index (χ1n) is 5.26. The first-order chi connectivity index (χ1) is 7.24. The highest BCUT2D eigenvalue weighted by atomic mass is 35.5. The lowest BCUT2D eigenvalue weighted by molar-refractivity contribution is -0.120. The third-order valence-corrected chi connectivity index (χ3v) is 3.97. The van der Waals surface area contributed by atoms with E-state index in [0.29, 0.717) is 13.2 Å². The molecule has 0 spiro atoms. The number of rotatable bonds is 5. The van der Waals surface area contributed by atoms with Crippen molar-refractivity contribution in [3.8, 4) is 0 Å². The molecule has 1 N–H and O–H groups in total. The molecule has 1 saturated heterocycles. The van der Waals surface area contributed by atoms with E-state index >= 15 is 0 Å². The smallest absolute Gasteiger partial charge is 0.233 e. The molecule has 5 heteroatoms. The maximum absolute atomic E-state index is 11.7. The summed E-state index contributed by atoms with van der Waals surface area (Å²) in [6, 6.07) is 0. The van der Waals surface area contributed by atoms with Crippen molar-refractivity contribution in [1.82, 2.24) is 5.32 Å². The van der Waals surface area contributed by atoms with E-state index < -0.39 is 0 Å². The summed E-state index contributed by atoms with van der Waals surface area (Å²) in [5.74, 6) is 1.22. The third-order valence-electron chi connectivity index (χ3n) is 2.32. The molecule has 1 aliphatic heterocycles. The quantitative estimate of drug-likeness (QED) is 0.755. The van der Waals surface area contributed by atoms with Crippen LogP contribution in [0.25, 0.3) is 0 Å². The zero-order valence-corrected chi connectivity index (χ0v) is 10.6.